The van der Waals surface area contributed by atoms with Gasteiger partial charge in [0.15, 0.2) is 0 Å². The number of amides is 4. The van der Waals surface area contributed by atoms with E-state index in [0.29, 0.717) is 67.7 Å². The molecule has 322 valence electrons. The van der Waals surface area contributed by atoms with Crippen LogP contribution in [0.2, 0.25) is 5.02 Å². The van der Waals surface area contributed by atoms with Gasteiger partial charge in [0, 0.05) is 57.2 Å². The van der Waals surface area contributed by atoms with Crippen LogP contribution in [0.4, 0.5) is 5.95 Å². The van der Waals surface area contributed by atoms with Crippen LogP contribution in [-0.4, -0.2) is 109 Å². The van der Waals surface area contributed by atoms with Gasteiger partial charge in [-0.1, -0.05) is 72.6 Å². The predicted octanol–water partition coefficient (Wildman–Crippen LogP) is 5.62. The van der Waals surface area contributed by atoms with E-state index in [0.717, 1.165) is 73.0 Å². The van der Waals surface area contributed by atoms with Gasteiger partial charge in [-0.15, -0.1) is 0 Å². The largest absolute Gasteiger partial charge is 0.351 e. The first-order chi connectivity index (χ1) is 30.1. The number of hydrogen-bond donors (Lipinski definition) is 2. The molecule has 4 fully saturated rings. The van der Waals surface area contributed by atoms with E-state index in [9.17, 15) is 24.0 Å². The van der Waals surface area contributed by atoms with Crippen molar-refractivity contribution in [3.05, 3.63) is 100 Å². The summed E-state index contributed by atoms with van der Waals surface area (Å²) in [5.41, 5.74) is 6.06. The second-order valence-corrected chi connectivity index (χ2v) is 17.6. The lowest BCUT2D eigenvalue weighted by Gasteiger charge is -2.39. The molecular formula is C47H52ClN9O5. The second-order valence-electron chi connectivity index (χ2n) is 17.2. The SMILES string of the molecule is Cn1c(=O)n(C2CCC(=O)NC2=O)c2ccc(C3CCN(CC(=O)N4CCN(C(=O)[C@H]5CCC[C@@H](Nc6ncc(Cl)c(-c7cccc(-c8ccccc8)c7)n6)C5)CC4)CC3)cc21. The third-order valence-corrected chi connectivity index (χ3v) is 13.6. The molecule has 1 unspecified atom stereocenters. The number of imidazole rings is 1. The number of imide groups is 1. The standard InChI is InChI=1S/C47H52ClN9O5/c1-53-40-27-33(13-14-38(40)57(47(53)62)39-15-16-41(58)51-44(39)60)31-17-19-54(20-18-31)29-42(59)55-21-23-56(24-22-55)45(61)35-11-6-12-36(26-35)50-46-49-28-37(48)43(52-46)34-10-5-9-32(25-34)30-7-3-2-4-8-30/h2-5,7-10,13-14,25,27-28,31,35-36,39H,6,11-12,15-24,26,29H2,1H3,(H,49,50,52)(H,51,58,60)/t35-,36+,39?/m0/s1. The quantitative estimate of drug-likeness (QED) is 0.180. The molecule has 0 radical (unpaired) electrons. The van der Waals surface area contributed by atoms with Crippen molar-refractivity contribution in [3.8, 4) is 22.4 Å². The molecule has 2 aromatic heterocycles. The third-order valence-electron chi connectivity index (χ3n) is 13.3. The monoisotopic (exact) mass is 857 g/mol. The Labute approximate surface area is 365 Å². The predicted molar refractivity (Wildman–Crippen MR) is 237 cm³/mol. The van der Waals surface area contributed by atoms with Gasteiger partial charge in [-0.05, 0) is 92.4 Å². The molecule has 0 spiro atoms. The van der Waals surface area contributed by atoms with Crippen LogP contribution in [0.15, 0.2) is 83.8 Å². The van der Waals surface area contributed by atoms with Crippen LogP contribution < -0.4 is 16.3 Å². The van der Waals surface area contributed by atoms with Crippen LogP contribution in [0, 0.1) is 5.92 Å². The Morgan fingerprint density at radius 2 is 1.55 bits per heavy atom. The van der Waals surface area contributed by atoms with E-state index < -0.39 is 11.9 Å². The van der Waals surface area contributed by atoms with Crippen molar-refractivity contribution in [2.75, 3.05) is 51.1 Å². The minimum Gasteiger partial charge on any atom is -0.351 e. The molecular weight excluding hydrogens is 806 g/mol. The third kappa shape index (κ3) is 8.62. The van der Waals surface area contributed by atoms with E-state index in [2.05, 4.69) is 44.8 Å². The van der Waals surface area contributed by atoms with E-state index in [-0.39, 0.29) is 47.7 Å². The first-order valence-corrected chi connectivity index (χ1v) is 22.3. The van der Waals surface area contributed by atoms with Crippen LogP contribution in [0.3, 0.4) is 0 Å². The summed E-state index contributed by atoms with van der Waals surface area (Å²) in [6.45, 7) is 4.03. The molecule has 5 heterocycles. The summed E-state index contributed by atoms with van der Waals surface area (Å²) in [7, 11) is 1.71. The number of likely N-dealkylation sites (tertiary alicyclic amines) is 1. The van der Waals surface area contributed by atoms with Gasteiger partial charge in [0.1, 0.15) is 6.04 Å². The zero-order valence-corrected chi connectivity index (χ0v) is 35.7. The summed E-state index contributed by atoms with van der Waals surface area (Å²) in [5, 5.41) is 6.35. The molecule has 62 heavy (non-hydrogen) atoms. The van der Waals surface area contributed by atoms with E-state index in [1.54, 1.807) is 17.8 Å². The molecule has 5 aromatic rings. The van der Waals surface area contributed by atoms with Crippen LogP contribution in [0.1, 0.15) is 68.9 Å². The van der Waals surface area contributed by atoms with Crippen molar-refractivity contribution in [2.24, 2.45) is 13.0 Å². The number of benzene rings is 3. The van der Waals surface area contributed by atoms with Crippen molar-refractivity contribution >= 4 is 52.2 Å². The average Bonchev–Trinajstić information content (AvgIpc) is 3.55. The molecule has 15 heteroatoms. The number of nitrogens with one attached hydrogen (secondary N) is 2. The zero-order valence-electron chi connectivity index (χ0n) is 35.0. The molecule has 4 amide bonds. The van der Waals surface area contributed by atoms with Gasteiger partial charge in [0.25, 0.3) is 0 Å². The van der Waals surface area contributed by atoms with Crippen molar-refractivity contribution in [2.45, 2.75) is 69.4 Å². The number of rotatable bonds is 9. The Morgan fingerprint density at radius 1 is 0.806 bits per heavy atom. The van der Waals surface area contributed by atoms with Crippen LogP contribution in [-0.2, 0) is 26.2 Å². The van der Waals surface area contributed by atoms with E-state index in [1.165, 1.54) is 4.57 Å². The number of nitrogens with zero attached hydrogens (tertiary/aromatic N) is 7. The van der Waals surface area contributed by atoms with E-state index >= 15 is 0 Å². The fraction of sp³-hybridized carbons (Fsp3) is 0.426. The highest BCUT2D eigenvalue weighted by atomic mass is 35.5. The van der Waals surface area contributed by atoms with Crippen molar-refractivity contribution in [3.63, 3.8) is 0 Å². The average molecular weight is 858 g/mol. The maximum absolute atomic E-state index is 13.8. The molecule has 2 N–H and O–H groups in total. The highest BCUT2D eigenvalue weighted by Crippen LogP contribution is 2.34. The lowest BCUT2D eigenvalue weighted by Crippen LogP contribution is -2.54. The highest BCUT2D eigenvalue weighted by Gasteiger charge is 2.35. The van der Waals surface area contributed by atoms with Crippen molar-refractivity contribution in [1.29, 1.82) is 0 Å². The van der Waals surface area contributed by atoms with Crippen LogP contribution in [0.25, 0.3) is 33.4 Å². The number of fused-ring (bicyclic) bond motifs is 1. The number of hydrogen-bond acceptors (Lipinski definition) is 9. The first kappa shape index (κ1) is 41.5. The summed E-state index contributed by atoms with van der Waals surface area (Å²) in [6.07, 6.45) is 7.28. The molecule has 3 aliphatic heterocycles. The maximum atomic E-state index is 13.8. The minimum absolute atomic E-state index is 0.0537. The summed E-state index contributed by atoms with van der Waals surface area (Å²) in [4.78, 5) is 80.3. The molecule has 1 saturated carbocycles. The summed E-state index contributed by atoms with van der Waals surface area (Å²) < 4.78 is 3.09. The number of carbonyl (C=O) groups is 4. The topological polar surface area (TPSA) is 155 Å². The number of piperidine rings is 2. The molecule has 3 aromatic carbocycles. The van der Waals surface area contributed by atoms with Crippen LogP contribution >= 0.6 is 11.6 Å². The summed E-state index contributed by atoms with van der Waals surface area (Å²) >= 11 is 6.62. The number of halogens is 1. The first-order valence-electron chi connectivity index (χ1n) is 21.9. The van der Waals surface area contributed by atoms with Gasteiger partial charge in [-0.25, -0.2) is 14.8 Å². The Morgan fingerprint density at radius 3 is 2.32 bits per heavy atom. The van der Waals surface area contributed by atoms with Gasteiger partial charge in [0.2, 0.25) is 29.6 Å². The Kier molecular flexibility index (Phi) is 11.9. The van der Waals surface area contributed by atoms with Crippen molar-refractivity contribution in [1.82, 2.24) is 39.1 Å². The summed E-state index contributed by atoms with van der Waals surface area (Å²) in [5.74, 6) is 0.175. The Bertz CT molecular complexity index is 2560. The highest BCUT2D eigenvalue weighted by molar-refractivity contribution is 6.33. The number of anilines is 1. The van der Waals surface area contributed by atoms with E-state index in [4.69, 9.17) is 16.6 Å². The molecule has 9 rings (SSSR count). The van der Waals surface area contributed by atoms with Gasteiger partial charge in [0.05, 0.1) is 34.5 Å². The van der Waals surface area contributed by atoms with Gasteiger partial charge >= 0.3 is 5.69 Å². The minimum atomic E-state index is -0.714. The Hall–Kier alpha value is -5.86. The zero-order chi connectivity index (χ0) is 42.9. The fourth-order valence-electron chi connectivity index (χ4n) is 9.86. The fourth-order valence-corrected chi connectivity index (χ4v) is 10.1. The second kappa shape index (κ2) is 17.9. The molecule has 1 aliphatic carbocycles. The molecule has 0 bridgehead atoms. The normalized spacial score (nSPS) is 21.5. The molecule has 3 atom stereocenters. The lowest BCUT2D eigenvalue weighted by atomic mass is 9.84. The Balaban J connectivity index is 0.745. The number of aromatic nitrogens is 4. The lowest BCUT2D eigenvalue weighted by molar-refractivity contribution is -0.143. The van der Waals surface area contributed by atoms with E-state index in [1.807, 2.05) is 58.3 Å². The van der Waals surface area contributed by atoms with Crippen LogP contribution in [0.5, 0.6) is 0 Å². The molecule has 3 saturated heterocycles. The maximum Gasteiger partial charge on any atom is 0.329 e. The molecule has 4 aliphatic rings. The number of carbonyl (C=O) groups excluding carboxylic acids is 4. The van der Waals surface area contributed by atoms with Crippen molar-refractivity contribution < 1.29 is 19.2 Å². The molecule has 14 nitrogen and oxygen atoms in total. The number of aryl methyl sites for hydroxylation is 1. The van der Waals surface area contributed by atoms with Gasteiger partial charge < -0.3 is 15.1 Å². The number of piperazine rings is 1. The van der Waals surface area contributed by atoms with Gasteiger partial charge in [-0.2, -0.15) is 0 Å². The summed E-state index contributed by atoms with van der Waals surface area (Å²) in [6, 6.07) is 23.7. The van der Waals surface area contributed by atoms with Gasteiger partial charge in [-0.3, -0.25) is 38.5 Å². The smallest absolute Gasteiger partial charge is 0.329 e.